The Morgan fingerprint density at radius 3 is 2.58 bits per heavy atom. The van der Waals surface area contributed by atoms with Gasteiger partial charge in [-0.25, -0.2) is 4.79 Å². The quantitative estimate of drug-likeness (QED) is 0.870. The Bertz CT molecular complexity index is 525. The number of carbonyl (C=O) groups is 1. The fourth-order valence-corrected chi connectivity index (χ4v) is 3.38. The number of carbonyl (C=O) groups excluding carboxylic acids is 1. The summed E-state index contributed by atoms with van der Waals surface area (Å²) < 4.78 is 5.48. The summed E-state index contributed by atoms with van der Waals surface area (Å²) in [5.74, 6) is 1.42. The largest absolute Gasteiger partial charge is 0.496 e. The van der Waals surface area contributed by atoms with Crippen LogP contribution in [0.3, 0.4) is 0 Å². The molecule has 0 spiro atoms. The van der Waals surface area contributed by atoms with E-state index < -0.39 is 0 Å². The SMILES string of the molecule is CCC(CN(C)C)NC(=O)N1CCC(c2ccccc2OC)CC1. The second kappa shape index (κ2) is 8.92. The number of likely N-dealkylation sites (N-methyl/N-ethyl adjacent to an activating group) is 1. The summed E-state index contributed by atoms with van der Waals surface area (Å²) in [4.78, 5) is 16.5. The molecule has 1 aromatic carbocycles. The van der Waals surface area contributed by atoms with E-state index in [1.165, 1.54) is 5.56 Å². The Morgan fingerprint density at radius 1 is 1.33 bits per heavy atom. The number of nitrogens with zero attached hydrogens (tertiary/aromatic N) is 2. The topological polar surface area (TPSA) is 44.8 Å². The van der Waals surface area contributed by atoms with Crippen molar-refractivity contribution < 1.29 is 9.53 Å². The van der Waals surface area contributed by atoms with E-state index in [0.29, 0.717) is 5.92 Å². The molecule has 1 unspecified atom stereocenters. The molecule has 1 aromatic rings. The third-order valence-electron chi connectivity index (χ3n) is 4.77. The van der Waals surface area contributed by atoms with Crippen LogP contribution in [0.2, 0.25) is 0 Å². The smallest absolute Gasteiger partial charge is 0.317 e. The average Bonchev–Trinajstić information content (AvgIpc) is 2.60. The van der Waals surface area contributed by atoms with Gasteiger partial charge in [0, 0.05) is 25.7 Å². The molecular formula is C19H31N3O2. The molecule has 2 amide bonds. The maximum atomic E-state index is 12.5. The summed E-state index contributed by atoms with van der Waals surface area (Å²) in [6.07, 6.45) is 2.91. The van der Waals surface area contributed by atoms with Crippen LogP contribution in [0.4, 0.5) is 4.79 Å². The monoisotopic (exact) mass is 333 g/mol. The molecule has 0 aromatic heterocycles. The summed E-state index contributed by atoms with van der Waals surface area (Å²) in [5.41, 5.74) is 1.26. The minimum Gasteiger partial charge on any atom is -0.496 e. The molecular weight excluding hydrogens is 302 g/mol. The fraction of sp³-hybridized carbons (Fsp3) is 0.632. The van der Waals surface area contributed by atoms with Gasteiger partial charge in [-0.3, -0.25) is 0 Å². The molecule has 0 saturated carbocycles. The van der Waals surface area contributed by atoms with Gasteiger partial charge in [0.2, 0.25) is 0 Å². The van der Waals surface area contributed by atoms with Crippen LogP contribution < -0.4 is 10.1 Å². The van der Waals surface area contributed by atoms with Crippen molar-refractivity contribution in [3.8, 4) is 5.75 Å². The van der Waals surface area contributed by atoms with Crippen molar-refractivity contribution in [3.63, 3.8) is 0 Å². The van der Waals surface area contributed by atoms with Crippen LogP contribution in [0, 0.1) is 0 Å². The van der Waals surface area contributed by atoms with Gasteiger partial charge in [0.15, 0.2) is 0 Å². The molecule has 1 saturated heterocycles. The molecule has 1 aliphatic rings. The summed E-state index contributed by atoms with van der Waals surface area (Å²) in [6.45, 7) is 4.59. The lowest BCUT2D eigenvalue weighted by atomic mass is 9.89. The lowest BCUT2D eigenvalue weighted by Crippen LogP contribution is -2.49. The number of para-hydroxylation sites is 1. The molecule has 5 heteroatoms. The van der Waals surface area contributed by atoms with E-state index in [4.69, 9.17) is 4.74 Å². The zero-order valence-corrected chi connectivity index (χ0v) is 15.4. The van der Waals surface area contributed by atoms with E-state index in [-0.39, 0.29) is 12.1 Å². The van der Waals surface area contributed by atoms with Gasteiger partial charge < -0.3 is 19.9 Å². The lowest BCUT2D eigenvalue weighted by Gasteiger charge is -2.34. The van der Waals surface area contributed by atoms with Crippen molar-refractivity contribution in [1.29, 1.82) is 0 Å². The molecule has 0 aliphatic carbocycles. The van der Waals surface area contributed by atoms with Crippen molar-refractivity contribution in [2.45, 2.75) is 38.1 Å². The number of nitrogens with one attached hydrogen (secondary N) is 1. The van der Waals surface area contributed by atoms with Gasteiger partial charge in [0.1, 0.15) is 5.75 Å². The van der Waals surface area contributed by atoms with E-state index in [9.17, 15) is 4.79 Å². The van der Waals surface area contributed by atoms with Crippen LogP contribution in [0.1, 0.15) is 37.7 Å². The molecule has 0 bridgehead atoms. The molecule has 134 valence electrons. The Balaban J connectivity index is 1.89. The number of piperidine rings is 1. The van der Waals surface area contributed by atoms with Gasteiger partial charge >= 0.3 is 6.03 Å². The molecule has 1 atom stereocenters. The number of ether oxygens (including phenoxy) is 1. The highest BCUT2D eigenvalue weighted by molar-refractivity contribution is 5.74. The second-order valence-electron chi connectivity index (χ2n) is 6.82. The lowest BCUT2D eigenvalue weighted by molar-refractivity contribution is 0.174. The van der Waals surface area contributed by atoms with Gasteiger partial charge in [-0.2, -0.15) is 0 Å². The molecule has 1 aliphatic heterocycles. The number of benzene rings is 1. The first-order chi connectivity index (χ1) is 11.5. The van der Waals surface area contributed by atoms with Crippen LogP contribution in [0.25, 0.3) is 0 Å². The normalized spacial score (nSPS) is 17.0. The predicted molar refractivity (Wildman–Crippen MR) is 97.7 cm³/mol. The maximum Gasteiger partial charge on any atom is 0.317 e. The molecule has 5 nitrogen and oxygen atoms in total. The minimum atomic E-state index is 0.0715. The van der Waals surface area contributed by atoms with E-state index in [1.54, 1.807) is 7.11 Å². The zero-order chi connectivity index (χ0) is 17.5. The van der Waals surface area contributed by atoms with Crippen molar-refractivity contribution in [3.05, 3.63) is 29.8 Å². The highest BCUT2D eigenvalue weighted by Crippen LogP contribution is 2.33. The van der Waals surface area contributed by atoms with Gasteiger partial charge in [0.05, 0.1) is 7.11 Å². The van der Waals surface area contributed by atoms with Crippen LogP contribution in [-0.4, -0.2) is 62.7 Å². The maximum absolute atomic E-state index is 12.5. The van der Waals surface area contributed by atoms with Crippen LogP contribution in [0.5, 0.6) is 5.75 Å². The number of methoxy groups -OCH3 is 1. The fourth-order valence-electron chi connectivity index (χ4n) is 3.38. The first-order valence-electron chi connectivity index (χ1n) is 8.88. The number of urea groups is 1. The Hall–Kier alpha value is -1.75. The molecule has 24 heavy (non-hydrogen) atoms. The van der Waals surface area contributed by atoms with Gasteiger partial charge in [-0.1, -0.05) is 25.1 Å². The minimum absolute atomic E-state index is 0.0715. The third-order valence-corrected chi connectivity index (χ3v) is 4.77. The predicted octanol–water partition coefficient (Wildman–Crippen LogP) is 2.92. The first kappa shape index (κ1) is 18.6. The van der Waals surface area contributed by atoms with Crippen LogP contribution in [-0.2, 0) is 0 Å². The van der Waals surface area contributed by atoms with Crippen molar-refractivity contribution in [2.75, 3.05) is 40.8 Å². The van der Waals surface area contributed by atoms with E-state index in [1.807, 2.05) is 31.1 Å². The Morgan fingerprint density at radius 2 is 2.00 bits per heavy atom. The Kier molecular flexibility index (Phi) is 6.91. The standard InChI is InChI=1S/C19H31N3O2/c1-5-16(14-21(2)3)20-19(23)22-12-10-15(11-13-22)17-8-6-7-9-18(17)24-4/h6-9,15-16H,5,10-14H2,1-4H3,(H,20,23). The first-order valence-corrected chi connectivity index (χ1v) is 8.88. The molecule has 2 rings (SSSR count). The number of amides is 2. The molecule has 1 heterocycles. The number of hydrogen-bond donors (Lipinski definition) is 1. The van der Waals surface area contributed by atoms with Crippen molar-refractivity contribution in [1.82, 2.24) is 15.1 Å². The molecule has 1 N–H and O–H groups in total. The summed E-state index contributed by atoms with van der Waals surface area (Å²) in [7, 11) is 5.79. The second-order valence-corrected chi connectivity index (χ2v) is 6.82. The number of hydrogen-bond acceptors (Lipinski definition) is 3. The number of rotatable bonds is 6. The van der Waals surface area contributed by atoms with Crippen molar-refractivity contribution >= 4 is 6.03 Å². The zero-order valence-electron chi connectivity index (χ0n) is 15.4. The molecule has 1 fully saturated rings. The highest BCUT2D eigenvalue weighted by atomic mass is 16.5. The third kappa shape index (κ3) is 4.87. The van der Waals surface area contributed by atoms with Gasteiger partial charge in [-0.15, -0.1) is 0 Å². The molecule has 0 radical (unpaired) electrons. The van der Waals surface area contributed by atoms with Crippen LogP contribution in [0.15, 0.2) is 24.3 Å². The van der Waals surface area contributed by atoms with Crippen molar-refractivity contribution in [2.24, 2.45) is 0 Å². The summed E-state index contributed by atoms with van der Waals surface area (Å²) in [6, 6.07) is 8.50. The average molecular weight is 333 g/mol. The summed E-state index contributed by atoms with van der Waals surface area (Å²) in [5, 5.41) is 3.17. The van der Waals surface area contributed by atoms with E-state index in [0.717, 1.165) is 44.6 Å². The summed E-state index contributed by atoms with van der Waals surface area (Å²) >= 11 is 0. The van der Waals surface area contributed by atoms with Crippen LogP contribution >= 0.6 is 0 Å². The van der Waals surface area contributed by atoms with E-state index in [2.05, 4.69) is 29.3 Å². The van der Waals surface area contributed by atoms with Gasteiger partial charge in [0.25, 0.3) is 0 Å². The highest BCUT2D eigenvalue weighted by Gasteiger charge is 2.26. The number of likely N-dealkylation sites (tertiary alicyclic amines) is 1. The van der Waals surface area contributed by atoms with E-state index >= 15 is 0 Å². The Labute approximate surface area is 146 Å². The van der Waals surface area contributed by atoms with Gasteiger partial charge in [-0.05, 0) is 50.9 Å².